The van der Waals surface area contributed by atoms with Gasteiger partial charge in [0.15, 0.2) is 0 Å². The summed E-state index contributed by atoms with van der Waals surface area (Å²) in [5.41, 5.74) is 0. The van der Waals surface area contributed by atoms with Gasteiger partial charge in [-0.25, -0.2) is 9.13 Å². The Morgan fingerprint density at radius 1 is 0.371 bits per heavy atom. The van der Waals surface area contributed by atoms with E-state index in [0.717, 1.165) is 83.5 Å². The van der Waals surface area contributed by atoms with Gasteiger partial charge in [-0.1, -0.05) is 148 Å². The Labute approximate surface area is 418 Å². The normalized spacial score (nSPS) is 16.0. The predicted octanol–water partition coefficient (Wildman–Crippen LogP) is 11.6. The molecule has 0 amide bonds. The topological polar surface area (TPSA) is 225 Å². The molecule has 0 bridgehead atoms. The van der Waals surface area contributed by atoms with E-state index < -0.39 is 85.5 Å². The Bertz CT molecular complexity index is 1760. The van der Waals surface area contributed by atoms with E-state index in [4.69, 9.17) is 9.47 Å². The first kappa shape index (κ1) is 66.2. The van der Waals surface area contributed by atoms with Crippen molar-refractivity contribution in [3.05, 3.63) is 134 Å². The third kappa shape index (κ3) is 49.2. The number of unbranched alkanes of at least 4 members (excludes halogenated alkanes) is 3. The predicted molar refractivity (Wildman–Crippen MR) is 278 cm³/mol. The molecule has 0 heterocycles. The molecule has 5 atom stereocenters. The molecular weight excluding hydrogens is 939 g/mol. The van der Waals surface area contributed by atoms with E-state index in [9.17, 15) is 43.8 Å². The van der Waals surface area contributed by atoms with Gasteiger partial charge in [-0.3, -0.25) is 27.7 Å². The van der Waals surface area contributed by atoms with Gasteiger partial charge in [0.1, 0.15) is 31.5 Å². The highest BCUT2D eigenvalue weighted by Gasteiger charge is 2.28. The second-order valence-corrected chi connectivity index (χ2v) is 18.6. The van der Waals surface area contributed by atoms with E-state index in [1.807, 2.05) is 12.2 Å². The Hall–Kier alpha value is -3.82. The van der Waals surface area contributed by atoms with Crippen LogP contribution in [0, 0.1) is 0 Å². The number of phosphoric ester groups is 2. The van der Waals surface area contributed by atoms with Crippen molar-refractivity contribution in [3.8, 4) is 0 Å². The number of carbonyl (C=O) groups is 2. The van der Waals surface area contributed by atoms with E-state index >= 15 is 0 Å². The molecule has 0 fully saturated rings. The minimum atomic E-state index is -4.81. The lowest BCUT2D eigenvalue weighted by Crippen LogP contribution is -2.25. The second kappa shape index (κ2) is 47.5. The lowest BCUT2D eigenvalue weighted by atomic mass is 10.2. The Balaban J connectivity index is 4.01. The Morgan fingerprint density at radius 2 is 0.614 bits per heavy atom. The Morgan fingerprint density at radius 3 is 0.914 bits per heavy atom. The van der Waals surface area contributed by atoms with Crippen LogP contribution in [0.5, 0.6) is 0 Å². The first-order valence-corrected chi connectivity index (χ1v) is 27.5. The molecule has 0 aliphatic carbocycles. The van der Waals surface area contributed by atoms with Crippen LogP contribution < -0.4 is 0 Å². The molecule has 5 unspecified atom stereocenters. The van der Waals surface area contributed by atoms with Crippen LogP contribution in [0.3, 0.4) is 0 Å². The molecule has 396 valence electrons. The summed E-state index contributed by atoms with van der Waals surface area (Å²) in [6, 6.07) is 0. The summed E-state index contributed by atoms with van der Waals surface area (Å²) in [5, 5.41) is 30.0. The van der Waals surface area contributed by atoms with E-state index in [0.29, 0.717) is 19.3 Å². The third-order valence-electron chi connectivity index (χ3n) is 9.10. The first-order valence-electron chi connectivity index (χ1n) is 24.5. The maximum Gasteiger partial charge on any atom is 0.472 e. The average Bonchev–Trinajstić information content (AvgIpc) is 3.34. The number of carbonyl (C=O) groups excluding carboxylic acids is 2. The molecule has 0 aliphatic heterocycles. The molecule has 5 N–H and O–H groups in total. The van der Waals surface area contributed by atoms with Crippen molar-refractivity contribution in [2.45, 2.75) is 148 Å². The fourth-order valence-electron chi connectivity index (χ4n) is 5.37. The Kier molecular flexibility index (Phi) is 44.9. The van der Waals surface area contributed by atoms with E-state index in [-0.39, 0.29) is 12.8 Å². The molecule has 0 radical (unpaired) electrons. The third-order valence-corrected chi connectivity index (χ3v) is 11.0. The van der Waals surface area contributed by atoms with Crippen LogP contribution in [0.15, 0.2) is 134 Å². The van der Waals surface area contributed by atoms with E-state index in [1.54, 1.807) is 0 Å². The van der Waals surface area contributed by atoms with Crippen LogP contribution in [-0.4, -0.2) is 95.0 Å². The first-order chi connectivity index (χ1) is 33.8. The molecule has 15 nitrogen and oxygen atoms in total. The zero-order chi connectivity index (χ0) is 51.7. The van der Waals surface area contributed by atoms with E-state index in [2.05, 4.69) is 153 Å². The van der Waals surface area contributed by atoms with Crippen molar-refractivity contribution in [1.82, 2.24) is 0 Å². The van der Waals surface area contributed by atoms with Crippen LogP contribution >= 0.6 is 15.6 Å². The summed E-state index contributed by atoms with van der Waals surface area (Å²) in [5.74, 6) is -1.10. The van der Waals surface area contributed by atoms with Crippen molar-refractivity contribution in [2.75, 3.05) is 39.6 Å². The number of hydrogen-bond donors (Lipinski definition) is 5. The zero-order valence-corrected chi connectivity index (χ0v) is 43.4. The quantitative estimate of drug-likeness (QED) is 0.0166. The summed E-state index contributed by atoms with van der Waals surface area (Å²) >= 11 is 0. The highest BCUT2D eigenvalue weighted by molar-refractivity contribution is 7.47. The fourth-order valence-corrected chi connectivity index (χ4v) is 6.96. The molecule has 0 aliphatic rings. The van der Waals surface area contributed by atoms with Gasteiger partial charge < -0.3 is 34.6 Å². The fraction of sp³-hybridized carbons (Fsp3) is 0.547. The van der Waals surface area contributed by atoms with E-state index in [1.165, 1.54) is 0 Å². The zero-order valence-electron chi connectivity index (χ0n) is 41.6. The molecule has 70 heavy (non-hydrogen) atoms. The molecule has 0 aromatic heterocycles. The summed E-state index contributed by atoms with van der Waals surface area (Å²) in [7, 11) is -9.62. The molecule has 0 rings (SSSR count). The molecular formula is C53H84O15P2. The largest absolute Gasteiger partial charge is 0.472 e. The highest BCUT2D eigenvalue weighted by Crippen LogP contribution is 2.45. The summed E-state index contributed by atoms with van der Waals surface area (Å²) in [6.07, 6.45) is 55.9. The number of hydrogen-bond acceptors (Lipinski definition) is 13. The maximum absolute atomic E-state index is 12.2. The monoisotopic (exact) mass is 1020 g/mol. The van der Waals surface area contributed by atoms with Crippen molar-refractivity contribution in [2.24, 2.45) is 0 Å². The van der Waals surface area contributed by atoms with Crippen molar-refractivity contribution in [1.29, 1.82) is 0 Å². The smallest absolute Gasteiger partial charge is 0.463 e. The van der Waals surface area contributed by atoms with Gasteiger partial charge in [-0.2, -0.15) is 0 Å². The van der Waals surface area contributed by atoms with Crippen LogP contribution in [0.2, 0.25) is 0 Å². The minimum absolute atomic E-state index is 0.110. The molecule has 0 aromatic rings. The molecule has 17 heteroatoms. The number of phosphoric acid groups is 2. The minimum Gasteiger partial charge on any atom is -0.463 e. The van der Waals surface area contributed by atoms with Gasteiger partial charge in [0.2, 0.25) is 0 Å². The van der Waals surface area contributed by atoms with Crippen molar-refractivity contribution < 1.29 is 71.4 Å². The van der Waals surface area contributed by atoms with Gasteiger partial charge in [0.05, 0.1) is 26.4 Å². The van der Waals surface area contributed by atoms with Crippen LogP contribution in [0.1, 0.15) is 129 Å². The lowest BCUT2D eigenvalue weighted by molar-refractivity contribution is -0.148. The van der Waals surface area contributed by atoms with Crippen molar-refractivity contribution >= 4 is 27.6 Å². The van der Waals surface area contributed by atoms with Gasteiger partial charge >= 0.3 is 27.6 Å². The summed E-state index contributed by atoms with van der Waals surface area (Å²) in [4.78, 5) is 43.8. The van der Waals surface area contributed by atoms with Crippen LogP contribution in [-0.2, 0) is 46.3 Å². The van der Waals surface area contributed by atoms with Crippen LogP contribution in [0.25, 0.3) is 0 Å². The number of allylic oxidation sites excluding steroid dienone is 22. The number of aliphatic hydroxyl groups is 3. The van der Waals surface area contributed by atoms with Crippen LogP contribution in [0.4, 0.5) is 0 Å². The average molecular weight is 1020 g/mol. The van der Waals surface area contributed by atoms with Gasteiger partial charge in [0, 0.05) is 12.8 Å². The van der Waals surface area contributed by atoms with Gasteiger partial charge in [-0.15, -0.1) is 0 Å². The molecule has 0 saturated heterocycles. The number of rotatable bonds is 45. The summed E-state index contributed by atoms with van der Waals surface area (Å²) in [6.45, 7) is 0.0283. The number of ether oxygens (including phenoxy) is 2. The second-order valence-electron chi connectivity index (χ2n) is 15.7. The highest BCUT2D eigenvalue weighted by atomic mass is 31.2. The standard InChI is InChI=1S/C53H84O15P2/c1-3-5-7-9-11-13-15-17-19-21-22-23-24-26-28-30-32-34-36-38-40-42-53(58)64-44-50(55)46-66-70(61,62)68-48-51(56)47-67-69(59,60)65-45-49(54)43-63-52(57)41-39-37-35-33-31-29-27-25-20-18-16-14-12-10-8-6-4-2/h5-8,11-14,17-20,22-23,26-29,32-35,49-51,54-56H,3-4,9-10,15-16,21,24-25,30-31,36-48H2,1-2H3,(H,59,60)(H,61,62)/b7-5-,8-6-,13-11-,14-12-,19-17-,20-18-,23-22-,28-26-,29-27-,34-32-,35-33-. The van der Waals surface area contributed by atoms with Crippen molar-refractivity contribution in [3.63, 3.8) is 0 Å². The SMILES string of the molecule is CC/C=C\C/C=C\C/C=C\C/C=C\C/C=C\C/C=C\CCCCC(=O)OCC(O)COP(=O)(O)OCC(O)COP(=O)(O)OCC(O)COC(=O)CCC/C=C\C/C=C\C/C=C\C/C=C\C/C=C\CC. The number of aliphatic hydroxyl groups excluding tert-OH is 3. The lowest BCUT2D eigenvalue weighted by Gasteiger charge is -2.19. The molecule has 0 aromatic carbocycles. The summed E-state index contributed by atoms with van der Waals surface area (Å²) < 4.78 is 52.9. The molecule has 0 saturated carbocycles. The molecule has 0 spiro atoms. The van der Waals surface area contributed by atoms with Gasteiger partial charge in [0.25, 0.3) is 0 Å². The van der Waals surface area contributed by atoms with Gasteiger partial charge in [-0.05, 0) is 103 Å². The number of esters is 2. The maximum atomic E-state index is 12.2.